The van der Waals surface area contributed by atoms with Gasteiger partial charge in [0.25, 0.3) is 5.91 Å². The van der Waals surface area contributed by atoms with Crippen molar-refractivity contribution in [2.24, 2.45) is 11.7 Å². The van der Waals surface area contributed by atoms with Gasteiger partial charge in [-0.3, -0.25) is 4.79 Å². The fourth-order valence-electron chi connectivity index (χ4n) is 2.48. The van der Waals surface area contributed by atoms with Crippen LogP contribution in [0, 0.1) is 5.92 Å². The van der Waals surface area contributed by atoms with Crippen LogP contribution in [0.1, 0.15) is 32.8 Å². The third-order valence-corrected chi connectivity index (χ3v) is 3.72. The Morgan fingerprint density at radius 3 is 2.48 bits per heavy atom. The van der Waals surface area contributed by atoms with Gasteiger partial charge >= 0.3 is 5.97 Å². The quantitative estimate of drug-likeness (QED) is 0.497. The number of amides is 1. The van der Waals surface area contributed by atoms with Gasteiger partial charge in [0.2, 0.25) is 0 Å². The first-order valence-electron chi connectivity index (χ1n) is 8.43. The zero-order chi connectivity index (χ0) is 19.0. The largest absolute Gasteiger partial charge is 0.494 e. The standard InChI is InChI=1S/C18H28N2O5/c1-4-25-15-8-6-5-7-12(15)10-13(19)16(21)17(22)20-14(18(23)24)9-11(2)3/h5-8,11,13-14,16,21H,4,9-10,19H2,1-3H3,(H,20,22)(H,23,24)/t13?,14-,16?/m0/s1. The second-order valence-corrected chi connectivity index (χ2v) is 6.38. The number of ether oxygens (including phenoxy) is 1. The second kappa shape index (κ2) is 10.0. The maximum Gasteiger partial charge on any atom is 0.326 e. The molecule has 2 unspecified atom stereocenters. The Labute approximate surface area is 148 Å². The zero-order valence-electron chi connectivity index (χ0n) is 14.9. The van der Waals surface area contributed by atoms with Gasteiger partial charge in [-0.2, -0.15) is 0 Å². The van der Waals surface area contributed by atoms with Crippen LogP contribution in [0.15, 0.2) is 24.3 Å². The lowest BCUT2D eigenvalue weighted by molar-refractivity contribution is -0.144. The molecule has 7 heteroatoms. The number of carboxylic acid groups (broad SMARTS) is 1. The summed E-state index contributed by atoms with van der Waals surface area (Å²) in [6, 6.07) is 5.32. The van der Waals surface area contributed by atoms with Gasteiger partial charge in [-0.15, -0.1) is 0 Å². The van der Waals surface area contributed by atoms with E-state index in [0.717, 1.165) is 5.56 Å². The summed E-state index contributed by atoms with van der Waals surface area (Å²) in [7, 11) is 0. The van der Waals surface area contributed by atoms with Crippen LogP contribution in [0.4, 0.5) is 0 Å². The average Bonchev–Trinajstić information content (AvgIpc) is 2.54. The molecule has 0 saturated heterocycles. The number of hydrogen-bond acceptors (Lipinski definition) is 5. The molecule has 0 bridgehead atoms. The molecule has 0 spiro atoms. The topological polar surface area (TPSA) is 122 Å². The van der Waals surface area contributed by atoms with Crippen LogP contribution in [0.2, 0.25) is 0 Å². The molecule has 140 valence electrons. The molecule has 7 nitrogen and oxygen atoms in total. The van der Waals surface area contributed by atoms with Crippen molar-refractivity contribution in [3.63, 3.8) is 0 Å². The third-order valence-electron chi connectivity index (χ3n) is 3.72. The number of nitrogens with one attached hydrogen (secondary N) is 1. The SMILES string of the molecule is CCOc1ccccc1CC(N)C(O)C(=O)N[C@@H](CC(C)C)C(=O)O. The number of aliphatic hydroxyl groups excluding tert-OH is 1. The van der Waals surface area contributed by atoms with E-state index in [1.807, 2.05) is 39.0 Å². The Kier molecular flexibility index (Phi) is 8.37. The number of para-hydroxylation sites is 1. The number of aliphatic carboxylic acids is 1. The molecule has 0 saturated carbocycles. The van der Waals surface area contributed by atoms with E-state index in [4.69, 9.17) is 10.5 Å². The lowest BCUT2D eigenvalue weighted by atomic mass is 9.99. The van der Waals surface area contributed by atoms with Crippen LogP contribution >= 0.6 is 0 Å². The van der Waals surface area contributed by atoms with Crippen molar-refractivity contribution in [1.82, 2.24) is 5.32 Å². The van der Waals surface area contributed by atoms with Crippen molar-refractivity contribution in [3.05, 3.63) is 29.8 Å². The van der Waals surface area contributed by atoms with Gasteiger partial charge in [-0.25, -0.2) is 4.79 Å². The lowest BCUT2D eigenvalue weighted by Crippen LogP contribution is -2.52. The zero-order valence-corrected chi connectivity index (χ0v) is 14.9. The molecule has 0 aliphatic rings. The van der Waals surface area contributed by atoms with Crippen LogP contribution in [0.25, 0.3) is 0 Å². The first-order chi connectivity index (χ1) is 11.8. The molecule has 1 aromatic rings. The molecule has 3 atom stereocenters. The molecule has 1 rings (SSSR count). The van der Waals surface area contributed by atoms with Crippen molar-refractivity contribution in [3.8, 4) is 5.75 Å². The van der Waals surface area contributed by atoms with E-state index in [0.29, 0.717) is 12.4 Å². The molecule has 0 fully saturated rings. The Morgan fingerprint density at radius 1 is 1.28 bits per heavy atom. The minimum atomic E-state index is -1.51. The number of aliphatic hydroxyl groups is 1. The maximum atomic E-state index is 12.1. The molecule has 1 aromatic carbocycles. The third kappa shape index (κ3) is 6.72. The average molecular weight is 352 g/mol. The summed E-state index contributed by atoms with van der Waals surface area (Å²) in [5, 5.41) is 21.7. The first-order valence-corrected chi connectivity index (χ1v) is 8.43. The highest BCUT2D eigenvalue weighted by atomic mass is 16.5. The summed E-state index contributed by atoms with van der Waals surface area (Å²) in [6.45, 7) is 6.06. The molecule has 0 aromatic heterocycles. The number of hydrogen-bond donors (Lipinski definition) is 4. The minimum Gasteiger partial charge on any atom is -0.494 e. The monoisotopic (exact) mass is 352 g/mol. The molecule has 25 heavy (non-hydrogen) atoms. The second-order valence-electron chi connectivity index (χ2n) is 6.38. The van der Waals surface area contributed by atoms with Crippen LogP contribution < -0.4 is 15.8 Å². The molecule has 0 radical (unpaired) electrons. The predicted molar refractivity (Wildman–Crippen MR) is 94.3 cm³/mol. The molecular weight excluding hydrogens is 324 g/mol. The smallest absolute Gasteiger partial charge is 0.326 e. The number of carboxylic acids is 1. The van der Waals surface area contributed by atoms with E-state index < -0.39 is 30.1 Å². The van der Waals surface area contributed by atoms with Crippen molar-refractivity contribution >= 4 is 11.9 Å². The molecule has 0 aliphatic heterocycles. The molecule has 0 aliphatic carbocycles. The van der Waals surface area contributed by atoms with Gasteiger partial charge in [0, 0.05) is 6.04 Å². The Morgan fingerprint density at radius 2 is 1.92 bits per heavy atom. The summed E-state index contributed by atoms with van der Waals surface area (Å²) in [5.74, 6) is -1.18. The Hall–Kier alpha value is -2.12. The Balaban J connectivity index is 2.73. The van der Waals surface area contributed by atoms with Crippen molar-refractivity contribution in [1.29, 1.82) is 0 Å². The number of carbonyl (C=O) groups excluding carboxylic acids is 1. The highest BCUT2D eigenvalue weighted by Crippen LogP contribution is 2.20. The van der Waals surface area contributed by atoms with E-state index in [1.54, 1.807) is 6.07 Å². The number of rotatable bonds is 10. The van der Waals surface area contributed by atoms with Gasteiger partial charge in [-0.1, -0.05) is 32.0 Å². The van der Waals surface area contributed by atoms with Crippen molar-refractivity contribution < 1.29 is 24.5 Å². The predicted octanol–water partition coefficient (Wildman–Crippen LogP) is 0.932. The highest BCUT2D eigenvalue weighted by molar-refractivity contribution is 5.86. The van der Waals surface area contributed by atoms with Crippen LogP contribution in [-0.2, 0) is 16.0 Å². The van der Waals surface area contributed by atoms with E-state index >= 15 is 0 Å². The molecule has 1 amide bonds. The van der Waals surface area contributed by atoms with Crippen LogP contribution in [0.5, 0.6) is 5.75 Å². The van der Waals surface area contributed by atoms with Crippen LogP contribution in [0.3, 0.4) is 0 Å². The van der Waals surface area contributed by atoms with Gasteiger partial charge in [0.1, 0.15) is 17.9 Å². The summed E-state index contributed by atoms with van der Waals surface area (Å²) in [4.78, 5) is 23.4. The van der Waals surface area contributed by atoms with Crippen LogP contribution in [-0.4, -0.2) is 46.9 Å². The van der Waals surface area contributed by atoms with Gasteiger partial charge < -0.3 is 26.0 Å². The number of nitrogens with two attached hydrogens (primary N) is 1. The highest BCUT2D eigenvalue weighted by Gasteiger charge is 2.28. The van der Waals surface area contributed by atoms with Gasteiger partial charge in [0.15, 0.2) is 0 Å². The first kappa shape index (κ1) is 20.9. The number of carbonyl (C=O) groups is 2. The lowest BCUT2D eigenvalue weighted by Gasteiger charge is -2.22. The maximum absolute atomic E-state index is 12.1. The minimum absolute atomic E-state index is 0.0882. The van der Waals surface area contributed by atoms with Crippen molar-refractivity contribution in [2.75, 3.05) is 6.61 Å². The van der Waals surface area contributed by atoms with E-state index in [-0.39, 0.29) is 18.8 Å². The van der Waals surface area contributed by atoms with Gasteiger partial charge in [0.05, 0.1) is 6.61 Å². The van der Waals surface area contributed by atoms with Crippen molar-refractivity contribution in [2.45, 2.75) is 51.8 Å². The molecular formula is C18H28N2O5. The van der Waals surface area contributed by atoms with Gasteiger partial charge in [-0.05, 0) is 37.3 Å². The normalized spacial score (nSPS) is 14.6. The summed E-state index contributed by atoms with van der Waals surface area (Å²) in [6.07, 6.45) is -1.01. The Bertz CT molecular complexity index is 576. The fourth-order valence-corrected chi connectivity index (χ4v) is 2.48. The number of benzene rings is 1. The fraction of sp³-hybridized carbons (Fsp3) is 0.556. The molecule has 5 N–H and O–H groups in total. The summed E-state index contributed by atoms with van der Waals surface area (Å²) in [5.41, 5.74) is 6.73. The summed E-state index contributed by atoms with van der Waals surface area (Å²) >= 11 is 0. The van der Waals surface area contributed by atoms with E-state index in [2.05, 4.69) is 5.32 Å². The van der Waals surface area contributed by atoms with E-state index in [1.165, 1.54) is 0 Å². The summed E-state index contributed by atoms with van der Waals surface area (Å²) < 4.78 is 5.50. The molecule has 0 heterocycles. The van der Waals surface area contributed by atoms with E-state index in [9.17, 15) is 19.8 Å².